The fourth-order valence-corrected chi connectivity index (χ4v) is 4.13. The summed E-state index contributed by atoms with van der Waals surface area (Å²) in [4.78, 5) is 29.8. The van der Waals surface area contributed by atoms with Gasteiger partial charge in [-0.1, -0.05) is 0 Å². The van der Waals surface area contributed by atoms with Gasteiger partial charge in [-0.3, -0.25) is 14.6 Å². The zero-order valence-electron chi connectivity index (χ0n) is 17.5. The Morgan fingerprint density at radius 2 is 1.76 bits per heavy atom. The Balaban J connectivity index is 1.33. The Morgan fingerprint density at radius 3 is 2.52 bits per heavy atom. The molecule has 2 saturated heterocycles. The van der Waals surface area contributed by atoms with Gasteiger partial charge < -0.3 is 15.1 Å². The van der Waals surface area contributed by atoms with Gasteiger partial charge in [0.15, 0.2) is 0 Å². The van der Waals surface area contributed by atoms with Gasteiger partial charge in [0.05, 0.1) is 5.52 Å². The third kappa shape index (κ3) is 4.76. The monoisotopic (exact) mass is 397 g/mol. The van der Waals surface area contributed by atoms with E-state index in [1.807, 2.05) is 19.0 Å². The Bertz CT molecular complexity index is 848. The third-order valence-electron chi connectivity index (χ3n) is 5.90. The van der Waals surface area contributed by atoms with Crippen molar-refractivity contribution >= 4 is 28.3 Å². The number of nitrogens with zero attached hydrogens (tertiary/aromatic N) is 6. The highest BCUT2D eigenvalue weighted by atomic mass is 16.1. The molecule has 29 heavy (non-hydrogen) atoms. The van der Waals surface area contributed by atoms with Crippen molar-refractivity contribution in [3.8, 4) is 0 Å². The number of carbonyl (C=O) groups is 1. The lowest BCUT2D eigenvalue weighted by Gasteiger charge is -2.37. The molecule has 1 aromatic heterocycles. The lowest BCUT2D eigenvalue weighted by atomic mass is 10.1. The normalized spacial score (nSPS) is 19.2. The van der Waals surface area contributed by atoms with E-state index >= 15 is 0 Å². The molecule has 0 aliphatic carbocycles. The highest BCUT2D eigenvalue weighted by Gasteiger charge is 2.20. The van der Waals surface area contributed by atoms with Gasteiger partial charge >= 0.3 is 0 Å². The van der Waals surface area contributed by atoms with Crippen LogP contribution in [0.25, 0.3) is 10.9 Å². The van der Waals surface area contributed by atoms with Crippen LogP contribution < -0.4 is 15.1 Å². The van der Waals surface area contributed by atoms with Crippen molar-refractivity contribution < 1.29 is 4.79 Å². The van der Waals surface area contributed by atoms with Crippen LogP contribution in [-0.4, -0.2) is 98.7 Å². The Hall–Kier alpha value is -2.45. The van der Waals surface area contributed by atoms with E-state index < -0.39 is 0 Å². The Kier molecular flexibility index (Phi) is 6.10. The van der Waals surface area contributed by atoms with Gasteiger partial charge in [-0.15, -0.1) is 0 Å². The van der Waals surface area contributed by atoms with Gasteiger partial charge in [-0.2, -0.15) is 0 Å². The molecular weight excluding hydrogens is 366 g/mol. The molecule has 2 aliphatic heterocycles. The van der Waals surface area contributed by atoms with E-state index in [1.54, 1.807) is 6.33 Å². The second-order valence-electron chi connectivity index (χ2n) is 8.06. The van der Waals surface area contributed by atoms with Crippen molar-refractivity contribution in [2.24, 2.45) is 0 Å². The SMILES string of the molecule is CN(C)c1ncnc2ccc(N3CCN(CCN4CCNC(=O)CC4)CC3)cc12. The maximum atomic E-state index is 11.5. The summed E-state index contributed by atoms with van der Waals surface area (Å²) in [5, 5.41) is 4.05. The summed E-state index contributed by atoms with van der Waals surface area (Å²) >= 11 is 0. The first-order valence-corrected chi connectivity index (χ1v) is 10.5. The van der Waals surface area contributed by atoms with Crippen molar-refractivity contribution in [3.05, 3.63) is 24.5 Å². The van der Waals surface area contributed by atoms with Gasteiger partial charge in [0.2, 0.25) is 5.91 Å². The number of piperazine rings is 1. The molecule has 3 heterocycles. The van der Waals surface area contributed by atoms with Crippen LogP contribution in [0.5, 0.6) is 0 Å². The predicted octanol–water partition coefficient (Wildman–Crippen LogP) is 0.640. The van der Waals surface area contributed by atoms with Crippen molar-refractivity contribution in [2.75, 3.05) is 82.8 Å². The molecule has 0 unspecified atom stereocenters. The Morgan fingerprint density at radius 1 is 1.00 bits per heavy atom. The molecule has 1 N–H and O–H groups in total. The van der Waals surface area contributed by atoms with Crippen molar-refractivity contribution in [2.45, 2.75) is 6.42 Å². The van der Waals surface area contributed by atoms with E-state index in [0.29, 0.717) is 6.42 Å². The quantitative estimate of drug-likeness (QED) is 0.794. The number of fused-ring (bicyclic) bond motifs is 1. The first-order valence-electron chi connectivity index (χ1n) is 10.5. The smallest absolute Gasteiger partial charge is 0.221 e. The lowest BCUT2D eigenvalue weighted by Crippen LogP contribution is -2.48. The van der Waals surface area contributed by atoms with Crippen LogP contribution in [0.1, 0.15) is 6.42 Å². The maximum absolute atomic E-state index is 11.5. The molecule has 0 atom stereocenters. The molecule has 2 fully saturated rings. The number of amides is 1. The second kappa shape index (κ2) is 8.92. The minimum Gasteiger partial charge on any atom is -0.369 e. The molecule has 0 radical (unpaired) electrons. The molecule has 2 aromatic rings. The molecule has 1 aromatic carbocycles. The van der Waals surface area contributed by atoms with Crippen molar-refractivity contribution in [1.29, 1.82) is 0 Å². The average molecular weight is 398 g/mol. The van der Waals surface area contributed by atoms with E-state index in [0.717, 1.165) is 75.6 Å². The summed E-state index contributed by atoms with van der Waals surface area (Å²) in [7, 11) is 4.03. The molecule has 1 amide bonds. The first kappa shape index (κ1) is 19.8. The van der Waals surface area contributed by atoms with E-state index in [1.165, 1.54) is 5.69 Å². The number of anilines is 2. The molecule has 8 nitrogen and oxygen atoms in total. The molecule has 0 saturated carbocycles. The summed E-state index contributed by atoms with van der Waals surface area (Å²) in [6.45, 7) is 8.88. The number of carbonyl (C=O) groups excluding carboxylic acids is 1. The lowest BCUT2D eigenvalue weighted by molar-refractivity contribution is -0.120. The molecule has 156 valence electrons. The summed E-state index contributed by atoms with van der Waals surface area (Å²) in [5.41, 5.74) is 2.23. The fourth-order valence-electron chi connectivity index (χ4n) is 4.13. The minimum absolute atomic E-state index is 0.180. The molecule has 8 heteroatoms. The topological polar surface area (TPSA) is 67.8 Å². The van der Waals surface area contributed by atoms with Gasteiger partial charge in [0, 0.05) is 90.5 Å². The van der Waals surface area contributed by atoms with Crippen molar-refractivity contribution in [3.63, 3.8) is 0 Å². The summed E-state index contributed by atoms with van der Waals surface area (Å²) in [6.07, 6.45) is 2.25. The van der Waals surface area contributed by atoms with Crippen LogP contribution in [0.15, 0.2) is 24.5 Å². The minimum atomic E-state index is 0.180. The van der Waals surface area contributed by atoms with Crippen LogP contribution in [0.2, 0.25) is 0 Å². The van der Waals surface area contributed by atoms with Crippen LogP contribution >= 0.6 is 0 Å². The third-order valence-corrected chi connectivity index (χ3v) is 5.90. The van der Waals surface area contributed by atoms with Gasteiger partial charge in [0.25, 0.3) is 0 Å². The number of hydrogen-bond acceptors (Lipinski definition) is 7. The van der Waals surface area contributed by atoms with E-state index in [9.17, 15) is 4.79 Å². The predicted molar refractivity (Wildman–Crippen MR) is 117 cm³/mol. The molecule has 0 bridgehead atoms. The van der Waals surface area contributed by atoms with Crippen LogP contribution in [0.4, 0.5) is 11.5 Å². The van der Waals surface area contributed by atoms with Crippen LogP contribution in [0.3, 0.4) is 0 Å². The number of aromatic nitrogens is 2. The maximum Gasteiger partial charge on any atom is 0.221 e. The molecule has 4 rings (SSSR count). The largest absolute Gasteiger partial charge is 0.369 e. The van der Waals surface area contributed by atoms with E-state index in [-0.39, 0.29) is 5.91 Å². The van der Waals surface area contributed by atoms with Crippen molar-refractivity contribution in [1.82, 2.24) is 25.1 Å². The highest BCUT2D eigenvalue weighted by Crippen LogP contribution is 2.27. The molecule has 2 aliphatic rings. The molecular formula is C21H31N7O. The number of hydrogen-bond donors (Lipinski definition) is 1. The first-order chi connectivity index (χ1) is 14.1. The number of rotatable bonds is 5. The number of nitrogens with one attached hydrogen (secondary N) is 1. The zero-order valence-corrected chi connectivity index (χ0v) is 17.5. The average Bonchev–Trinajstić information content (AvgIpc) is 2.95. The fraction of sp³-hybridized carbons (Fsp3) is 0.571. The zero-order chi connectivity index (χ0) is 20.2. The Labute approximate surface area is 172 Å². The number of benzene rings is 1. The summed E-state index contributed by atoms with van der Waals surface area (Å²) < 4.78 is 0. The van der Waals surface area contributed by atoms with Gasteiger partial charge in [-0.05, 0) is 18.2 Å². The van der Waals surface area contributed by atoms with Gasteiger partial charge in [-0.25, -0.2) is 9.97 Å². The summed E-state index contributed by atoms with van der Waals surface area (Å²) in [5.74, 6) is 1.14. The van der Waals surface area contributed by atoms with Gasteiger partial charge in [0.1, 0.15) is 12.1 Å². The van der Waals surface area contributed by atoms with E-state index in [4.69, 9.17) is 0 Å². The summed E-state index contributed by atoms with van der Waals surface area (Å²) in [6, 6.07) is 6.49. The second-order valence-corrected chi connectivity index (χ2v) is 8.06. The van der Waals surface area contributed by atoms with E-state index in [2.05, 4.69) is 48.2 Å². The highest BCUT2D eigenvalue weighted by molar-refractivity contribution is 5.91. The molecule has 0 spiro atoms. The van der Waals surface area contributed by atoms with Crippen LogP contribution in [-0.2, 0) is 4.79 Å². The van der Waals surface area contributed by atoms with Crippen LogP contribution in [0, 0.1) is 0 Å². The standard InChI is InChI=1S/C21H31N7O/c1-25(2)21-18-15-17(3-4-19(18)23-16-24-21)28-13-11-27(12-14-28)10-9-26-7-5-20(29)22-6-8-26/h3-4,15-16H,5-14H2,1-2H3,(H,22,29).